The average molecular weight is 635 g/mol. The lowest BCUT2D eigenvalue weighted by molar-refractivity contribution is 1.08. The van der Waals surface area contributed by atoms with Crippen LogP contribution in [0.1, 0.15) is 61.1 Å². The second-order valence-electron chi connectivity index (χ2n) is 13.4. The zero-order valence-electron chi connectivity index (χ0n) is 31.1. The topological polar surface area (TPSA) is 6.48 Å². The minimum absolute atomic E-state index is 0.781. The van der Waals surface area contributed by atoms with Gasteiger partial charge in [0.1, 0.15) is 0 Å². The molecule has 0 heterocycles. The van der Waals surface area contributed by atoms with Crippen molar-refractivity contribution < 1.29 is 0 Å². The summed E-state index contributed by atoms with van der Waals surface area (Å²) >= 11 is 0. The van der Waals surface area contributed by atoms with Crippen LogP contribution in [0.5, 0.6) is 0 Å². The van der Waals surface area contributed by atoms with Gasteiger partial charge in [0, 0.05) is 22.8 Å². The number of nitrogens with zero attached hydrogens (tertiary/aromatic N) is 2. The van der Waals surface area contributed by atoms with E-state index < -0.39 is 0 Å². The minimum atomic E-state index is 0.781. The van der Waals surface area contributed by atoms with E-state index in [2.05, 4.69) is 172 Å². The van der Waals surface area contributed by atoms with E-state index >= 15 is 0 Å². The molecule has 3 rings (SSSR count). The Morgan fingerprint density at radius 2 is 0.938 bits per heavy atom. The van der Waals surface area contributed by atoms with E-state index in [-0.39, 0.29) is 0 Å². The van der Waals surface area contributed by atoms with Crippen LogP contribution < -0.4 is 30.7 Å². The monoisotopic (exact) mass is 634 g/mol. The predicted octanol–water partition coefficient (Wildman–Crippen LogP) is 9.48. The lowest BCUT2D eigenvalue weighted by Crippen LogP contribution is -2.46. The lowest BCUT2D eigenvalue weighted by atomic mass is 10.0. The third-order valence-electron chi connectivity index (χ3n) is 8.30. The van der Waals surface area contributed by atoms with Gasteiger partial charge in [0.15, 0.2) is 0 Å². The predicted molar refractivity (Wildman–Crippen MR) is 216 cm³/mol. The molecule has 0 saturated heterocycles. The van der Waals surface area contributed by atoms with Crippen molar-refractivity contribution in [1.29, 1.82) is 0 Å². The molecule has 0 radical (unpaired) electrons. The van der Waals surface area contributed by atoms with Crippen molar-refractivity contribution in [3.63, 3.8) is 0 Å². The molecule has 2 nitrogen and oxygen atoms in total. The molecule has 248 valence electrons. The molecule has 0 bridgehead atoms. The Morgan fingerprint density at radius 1 is 0.542 bits per heavy atom. The lowest BCUT2D eigenvalue weighted by Gasteiger charge is -2.30. The first-order valence-electron chi connectivity index (χ1n) is 16.4. The normalized spacial score (nSPS) is 12.3. The number of rotatable bonds is 11. The minimum Gasteiger partial charge on any atom is -0.315 e. The fourth-order valence-electron chi connectivity index (χ4n) is 6.23. The van der Waals surface area contributed by atoms with Crippen molar-refractivity contribution in [3.8, 4) is 0 Å². The van der Waals surface area contributed by atoms with Gasteiger partial charge in [-0.3, -0.25) is 0 Å². The molecule has 0 aliphatic carbocycles. The fourth-order valence-corrected chi connectivity index (χ4v) is 6.23. The molecule has 0 spiro atoms. The zero-order valence-corrected chi connectivity index (χ0v) is 31.1. The number of aryl methyl sites for hydroxylation is 6. The Hall–Kier alpha value is -5.08. The molecule has 48 heavy (non-hydrogen) atoms. The van der Waals surface area contributed by atoms with Gasteiger partial charge in [-0.1, -0.05) is 110 Å². The molecular weight excluding hydrogens is 581 g/mol. The Labute approximate surface area is 290 Å². The largest absolute Gasteiger partial charge is 0.315 e. The van der Waals surface area contributed by atoms with Crippen molar-refractivity contribution in [2.24, 2.45) is 0 Å². The first kappa shape index (κ1) is 37.4. The summed E-state index contributed by atoms with van der Waals surface area (Å²) in [6, 6.07) is 13.0. The summed E-state index contributed by atoms with van der Waals surface area (Å²) < 4.78 is 0. The highest BCUT2D eigenvalue weighted by atomic mass is 15.2. The summed E-state index contributed by atoms with van der Waals surface area (Å²) in [5, 5.41) is 3.59. The van der Waals surface area contributed by atoms with Gasteiger partial charge in [0.25, 0.3) is 0 Å². The summed E-state index contributed by atoms with van der Waals surface area (Å²) in [4.78, 5) is 4.35. The van der Waals surface area contributed by atoms with Crippen LogP contribution >= 0.6 is 0 Å². The van der Waals surface area contributed by atoms with Crippen LogP contribution in [0.2, 0.25) is 0 Å². The Morgan fingerprint density at radius 3 is 1.33 bits per heavy atom. The second kappa shape index (κ2) is 15.7. The summed E-state index contributed by atoms with van der Waals surface area (Å²) in [5.41, 5.74) is 15.1. The van der Waals surface area contributed by atoms with Gasteiger partial charge in [0.05, 0.1) is 11.4 Å². The maximum absolute atomic E-state index is 4.56. The van der Waals surface area contributed by atoms with Gasteiger partial charge in [0.2, 0.25) is 0 Å². The standard InChI is InChI=1S/C46H54N2/c1-29(2)17-19-37(11)47(45-33(7)23-31(5)24-34(45)8)39(13)27-43-21-22-44(42(16)41(43)15)28-40(14)48(38(12)20-18-30(3)4)46-35(9)25-32(6)26-36(46)10/h17-28H,1,11,13-16H2,2-10,12H3/b19-17-,38-20+,43-27-,44-28-. The summed E-state index contributed by atoms with van der Waals surface area (Å²) in [5.74, 6) is 0. The number of hydrogen-bond acceptors (Lipinski definition) is 2. The number of anilines is 2. The van der Waals surface area contributed by atoms with Crippen LogP contribution in [0.4, 0.5) is 11.4 Å². The summed E-state index contributed by atoms with van der Waals surface area (Å²) in [6.07, 6.45) is 12.4. The van der Waals surface area contributed by atoms with Gasteiger partial charge >= 0.3 is 0 Å². The van der Waals surface area contributed by atoms with Crippen LogP contribution in [-0.4, -0.2) is 0 Å². The Balaban J connectivity index is 2.19. The van der Waals surface area contributed by atoms with Crippen LogP contribution in [0.15, 0.2) is 121 Å². The molecule has 3 aromatic rings. The van der Waals surface area contributed by atoms with Crippen molar-refractivity contribution in [2.75, 3.05) is 9.80 Å². The molecule has 0 unspecified atom stereocenters. The van der Waals surface area contributed by atoms with E-state index in [1.54, 1.807) is 0 Å². The zero-order chi connectivity index (χ0) is 36.0. The fraction of sp³-hybridized carbons (Fsp3) is 0.217. The van der Waals surface area contributed by atoms with Crippen LogP contribution in [0, 0.1) is 41.5 Å². The highest BCUT2D eigenvalue weighted by Crippen LogP contribution is 2.33. The third kappa shape index (κ3) is 8.83. The molecule has 0 aliphatic heterocycles. The van der Waals surface area contributed by atoms with E-state index in [9.17, 15) is 0 Å². The van der Waals surface area contributed by atoms with Crippen molar-refractivity contribution >= 4 is 36.7 Å². The first-order valence-corrected chi connectivity index (χ1v) is 16.4. The van der Waals surface area contributed by atoms with Gasteiger partial charge in [-0.05, 0) is 137 Å². The summed E-state index contributed by atoms with van der Waals surface area (Å²) in [6.45, 7) is 47.6. The molecule has 0 saturated carbocycles. The van der Waals surface area contributed by atoms with E-state index in [0.717, 1.165) is 71.7 Å². The molecule has 0 aliphatic rings. The maximum Gasteiger partial charge on any atom is 0.0519 e. The van der Waals surface area contributed by atoms with Crippen LogP contribution in [0.25, 0.3) is 25.3 Å². The van der Waals surface area contributed by atoms with E-state index in [1.165, 1.54) is 27.8 Å². The van der Waals surface area contributed by atoms with Gasteiger partial charge < -0.3 is 9.80 Å². The molecule has 0 fully saturated rings. The van der Waals surface area contributed by atoms with Crippen LogP contribution in [0.3, 0.4) is 0 Å². The maximum atomic E-state index is 4.56. The summed E-state index contributed by atoms with van der Waals surface area (Å²) in [7, 11) is 0. The quantitative estimate of drug-likeness (QED) is 0.194. The molecule has 0 amide bonds. The number of allylic oxidation sites excluding steroid dienone is 9. The van der Waals surface area contributed by atoms with Crippen LogP contribution in [-0.2, 0) is 0 Å². The van der Waals surface area contributed by atoms with Gasteiger partial charge in [-0.15, -0.1) is 0 Å². The number of benzene rings is 3. The van der Waals surface area contributed by atoms with Crippen molar-refractivity contribution in [3.05, 3.63) is 175 Å². The average Bonchev–Trinajstić information content (AvgIpc) is 2.97. The highest BCUT2D eigenvalue weighted by Gasteiger charge is 2.18. The molecule has 0 N–H and O–H groups in total. The Bertz CT molecular complexity index is 2080. The van der Waals surface area contributed by atoms with Crippen molar-refractivity contribution in [2.45, 2.75) is 69.2 Å². The Kier molecular flexibility index (Phi) is 12.2. The van der Waals surface area contributed by atoms with E-state index in [0.29, 0.717) is 0 Å². The molecule has 3 aromatic carbocycles. The van der Waals surface area contributed by atoms with Gasteiger partial charge in [-0.25, -0.2) is 0 Å². The van der Waals surface area contributed by atoms with E-state index in [1.807, 2.05) is 19.1 Å². The second-order valence-corrected chi connectivity index (χ2v) is 13.4. The first-order chi connectivity index (χ1) is 22.4. The highest BCUT2D eigenvalue weighted by molar-refractivity contribution is 5.74. The number of hydrogen-bond donors (Lipinski definition) is 0. The third-order valence-corrected chi connectivity index (χ3v) is 8.30. The van der Waals surface area contributed by atoms with Gasteiger partial charge in [-0.2, -0.15) is 0 Å². The molecule has 2 heteroatoms. The molecule has 0 atom stereocenters. The SMILES string of the molecule is C=C(C)/C=C\C(=C)N(C(=C)/C=c1/cc/c(=C/C(=C)N(/C(C)=C/C=C(C)C)c2c(C)cc(C)cc2C)c(=C)c1=C)c1c(C)cc(C)cc1C. The smallest absolute Gasteiger partial charge is 0.0519 e. The molecule has 0 aromatic heterocycles. The molecular formula is C46H54N2. The van der Waals surface area contributed by atoms with E-state index in [4.69, 9.17) is 0 Å². The van der Waals surface area contributed by atoms with Crippen molar-refractivity contribution in [1.82, 2.24) is 0 Å².